The molecule has 4 heteroatoms. The molecule has 1 aromatic carbocycles. The quantitative estimate of drug-likeness (QED) is 0.643. The van der Waals surface area contributed by atoms with Gasteiger partial charge in [0, 0.05) is 4.90 Å². The number of carbonyl (C=O) groups excluding carboxylic acids is 1. The Hall–Kier alpha value is -0.670. The number of esters is 1. The molecule has 0 bridgehead atoms. The summed E-state index contributed by atoms with van der Waals surface area (Å²) in [6.07, 6.45) is 5.50. The highest BCUT2D eigenvalue weighted by Gasteiger charge is 2.25. The Labute approximate surface area is 124 Å². The molecule has 0 aromatic heterocycles. The molecule has 0 N–H and O–H groups in total. The Balaban J connectivity index is 2.02. The van der Waals surface area contributed by atoms with Crippen molar-refractivity contribution in [3.63, 3.8) is 0 Å². The summed E-state index contributed by atoms with van der Waals surface area (Å²) in [7, 11) is 0. The molecule has 2 atom stereocenters. The summed E-state index contributed by atoms with van der Waals surface area (Å²) >= 11 is 10.3. The van der Waals surface area contributed by atoms with Gasteiger partial charge in [-0.3, -0.25) is 0 Å². The fraction of sp³-hybridized carbons (Fsp3) is 0.533. The van der Waals surface area contributed by atoms with Crippen molar-refractivity contribution >= 4 is 30.2 Å². The normalized spacial score (nSPS) is 23.1. The molecule has 1 aliphatic rings. The second-order valence-corrected chi connectivity index (χ2v) is 6.06. The summed E-state index contributed by atoms with van der Waals surface area (Å²) in [6.45, 7) is 2.19. The minimum atomic E-state index is -0.331. The second-order valence-electron chi connectivity index (χ2n) is 5.13. The van der Waals surface area contributed by atoms with Crippen LogP contribution in [0, 0.1) is 5.92 Å². The lowest BCUT2D eigenvalue weighted by Gasteiger charge is -2.28. The topological polar surface area (TPSA) is 26.3 Å². The van der Waals surface area contributed by atoms with Gasteiger partial charge in [-0.05, 0) is 43.4 Å². The summed E-state index contributed by atoms with van der Waals surface area (Å²) in [5.41, 5.74) is 0.410. The number of hydrogen-bond acceptors (Lipinski definition) is 3. The summed E-state index contributed by atoms with van der Waals surface area (Å²) in [5, 5.41) is 0.422. The molecule has 0 saturated heterocycles. The Morgan fingerprint density at radius 2 is 2.26 bits per heavy atom. The summed E-state index contributed by atoms with van der Waals surface area (Å²) < 4.78 is 5.59. The molecule has 0 spiro atoms. The molecule has 1 aromatic rings. The van der Waals surface area contributed by atoms with Gasteiger partial charge in [0.1, 0.15) is 6.10 Å². The summed E-state index contributed by atoms with van der Waals surface area (Å²) in [5.74, 6) is 0.348. The lowest BCUT2D eigenvalue weighted by atomic mass is 9.85. The molecule has 0 amide bonds. The number of carbonyl (C=O) groups is 1. The van der Waals surface area contributed by atoms with Gasteiger partial charge in [-0.25, -0.2) is 4.79 Å². The summed E-state index contributed by atoms with van der Waals surface area (Å²) in [4.78, 5) is 12.9. The fourth-order valence-corrected chi connectivity index (χ4v) is 3.00. The smallest absolute Gasteiger partial charge is 0.339 e. The highest BCUT2D eigenvalue weighted by Crippen LogP contribution is 2.29. The summed E-state index contributed by atoms with van der Waals surface area (Å²) in [6, 6.07) is 5.10. The predicted octanol–water partition coefficient (Wildman–Crippen LogP) is 4.75. The number of hydrogen-bond donors (Lipinski definition) is 1. The van der Waals surface area contributed by atoms with Crippen molar-refractivity contribution in [1.82, 2.24) is 0 Å². The van der Waals surface area contributed by atoms with Crippen LogP contribution in [0.15, 0.2) is 23.1 Å². The van der Waals surface area contributed by atoms with Gasteiger partial charge < -0.3 is 4.74 Å². The molecule has 1 fully saturated rings. The first-order valence-electron chi connectivity index (χ1n) is 6.79. The van der Waals surface area contributed by atoms with E-state index in [-0.39, 0.29) is 12.1 Å². The van der Waals surface area contributed by atoms with Gasteiger partial charge in [-0.2, -0.15) is 0 Å². The van der Waals surface area contributed by atoms with Crippen molar-refractivity contribution in [2.45, 2.75) is 50.0 Å². The first-order chi connectivity index (χ1) is 9.10. The maximum absolute atomic E-state index is 12.1. The van der Waals surface area contributed by atoms with Gasteiger partial charge in [0.25, 0.3) is 0 Å². The third-order valence-corrected chi connectivity index (χ3v) is 4.36. The van der Waals surface area contributed by atoms with Crippen LogP contribution in [0.4, 0.5) is 0 Å². The van der Waals surface area contributed by atoms with Crippen LogP contribution in [0.5, 0.6) is 0 Å². The van der Waals surface area contributed by atoms with Crippen LogP contribution in [0.3, 0.4) is 0 Å². The average Bonchev–Trinajstić information content (AvgIpc) is 2.41. The first kappa shape index (κ1) is 14.7. The molecule has 104 valence electrons. The highest BCUT2D eigenvalue weighted by molar-refractivity contribution is 7.80. The van der Waals surface area contributed by atoms with Crippen LogP contribution in [0.25, 0.3) is 0 Å². The Morgan fingerprint density at radius 1 is 1.47 bits per heavy atom. The van der Waals surface area contributed by atoms with Crippen molar-refractivity contribution in [2.24, 2.45) is 5.92 Å². The number of benzene rings is 1. The molecule has 1 saturated carbocycles. The highest BCUT2D eigenvalue weighted by atomic mass is 35.5. The maximum atomic E-state index is 12.1. The Morgan fingerprint density at radius 3 is 3.00 bits per heavy atom. The number of thiol groups is 1. The lowest BCUT2D eigenvalue weighted by molar-refractivity contribution is 0.0140. The third-order valence-electron chi connectivity index (χ3n) is 3.76. The van der Waals surface area contributed by atoms with Gasteiger partial charge in [-0.1, -0.05) is 31.4 Å². The van der Waals surface area contributed by atoms with Crippen molar-refractivity contribution in [3.8, 4) is 0 Å². The third kappa shape index (κ3) is 3.90. The van der Waals surface area contributed by atoms with E-state index in [1.54, 1.807) is 18.2 Å². The van der Waals surface area contributed by atoms with Crippen LogP contribution in [-0.2, 0) is 4.74 Å². The maximum Gasteiger partial charge on any atom is 0.339 e. The van der Waals surface area contributed by atoms with Gasteiger partial charge in [0.15, 0.2) is 0 Å². The van der Waals surface area contributed by atoms with Gasteiger partial charge >= 0.3 is 5.97 Å². The monoisotopic (exact) mass is 298 g/mol. The van der Waals surface area contributed by atoms with E-state index >= 15 is 0 Å². The van der Waals surface area contributed by atoms with E-state index in [4.69, 9.17) is 16.3 Å². The lowest BCUT2D eigenvalue weighted by Crippen LogP contribution is -2.25. The van der Waals surface area contributed by atoms with Crippen molar-refractivity contribution < 1.29 is 9.53 Å². The minimum Gasteiger partial charge on any atom is -0.459 e. The largest absolute Gasteiger partial charge is 0.459 e. The fourth-order valence-electron chi connectivity index (χ4n) is 2.60. The van der Waals surface area contributed by atoms with E-state index < -0.39 is 0 Å². The molecule has 0 radical (unpaired) electrons. The van der Waals surface area contributed by atoms with Crippen LogP contribution in [-0.4, -0.2) is 12.1 Å². The van der Waals surface area contributed by atoms with E-state index in [1.807, 2.05) is 0 Å². The van der Waals surface area contributed by atoms with E-state index in [0.717, 1.165) is 25.7 Å². The van der Waals surface area contributed by atoms with Crippen LogP contribution < -0.4 is 0 Å². The molecule has 19 heavy (non-hydrogen) atoms. The Bertz CT molecular complexity index is 461. The van der Waals surface area contributed by atoms with Gasteiger partial charge in [0.2, 0.25) is 0 Å². The van der Waals surface area contributed by atoms with E-state index in [1.165, 1.54) is 6.42 Å². The van der Waals surface area contributed by atoms with Gasteiger partial charge in [-0.15, -0.1) is 12.6 Å². The van der Waals surface area contributed by atoms with E-state index in [2.05, 4.69) is 19.6 Å². The van der Waals surface area contributed by atoms with E-state index in [9.17, 15) is 4.79 Å². The van der Waals surface area contributed by atoms with Gasteiger partial charge in [0.05, 0.1) is 10.6 Å². The average molecular weight is 299 g/mol. The number of rotatable bonds is 3. The Kier molecular flexibility index (Phi) is 5.17. The molecule has 0 aliphatic heterocycles. The second kappa shape index (κ2) is 6.67. The molecule has 2 unspecified atom stereocenters. The van der Waals surface area contributed by atoms with E-state index in [0.29, 0.717) is 21.4 Å². The molecule has 2 rings (SSSR count). The van der Waals surface area contributed by atoms with Crippen molar-refractivity contribution in [1.29, 1.82) is 0 Å². The molecular weight excluding hydrogens is 280 g/mol. The number of ether oxygens (including phenoxy) is 1. The zero-order chi connectivity index (χ0) is 13.8. The van der Waals surface area contributed by atoms with Crippen LogP contribution >= 0.6 is 24.2 Å². The SMILES string of the molecule is CCC1CCCC(OC(=O)c2cc(S)ccc2Cl)C1. The van der Waals surface area contributed by atoms with Crippen LogP contribution in [0.1, 0.15) is 49.4 Å². The standard InChI is InChI=1S/C15H19ClO2S/c1-2-10-4-3-5-11(8-10)18-15(17)13-9-12(19)6-7-14(13)16/h6-7,9-11,19H,2-5,8H2,1H3. The zero-order valence-corrected chi connectivity index (χ0v) is 12.7. The zero-order valence-electron chi connectivity index (χ0n) is 11.1. The number of halogens is 1. The molecule has 0 heterocycles. The minimum absolute atomic E-state index is 0.0332. The van der Waals surface area contributed by atoms with Crippen molar-refractivity contribution in [3.05, 3.63) is 28.8 Å². The predicted molar refractivity (Wildman–Crippen MR) is 80.2 cm³/mol. The molecular formula is C15H19ClO2S. The molecule has 2 nitrogen and oxygen atoms in total. The molecule has 1 aliphatic carbocycles. The van der Waals surface area contributed by atoms with Crippen LogP contribution in [0.2, 0.25) is 5.02 Å². The van der Waals surface area contributed by atoms with Crippen molar-refractivity contribution in [2.75, 3.05) is 0 Å². The first-order valence-corrected chi connectivity index (χ1v) is 7.62.